The summed E-state index contributed by atoms with van der Waals surface area (Å²) in [6.07, 6.45) is 2.39. The van der Waals surface area contributed by atoms with Crippen LogP contribution >= 0.6 is 11.9 Å². The molecule has 2 amide bonds. The molecule has 1 aliphatic rings. The van der Waals surface area contributed by atoms with Crippen molar-refractivity contribution in [3.8, 4) is 11.1 Å². The summed E-state index contributed by atoms with van der Waals surface area (Å²) in [4.78, 5) is 29.2. The van der Waals surface area contributed by atoms with Gasteiger partial charge in [0.15, 0.2) is 0 Å². The molecule has 2 aromatic carbocycles. The van der Waals surface area contributed by atoms with Crippen molar-refractivity contribution in [1.29, 1.82) is 0 Å². The van der Waals surface area contributed by atoms with Gasteiger partial charge in [0.05, 0.1) is 5.56 Å². The molecule has 2 N–H and O–H groups in total. The van der Waals surface area contributed by atoms with Gasteiger partial charge in [0.25, 0.3) is 5.91 Å². The van der Waals surface area contributed by atoms with Gasteiger partial charge in [0, 0.05) is 24.8 Å². The Balaban J connectivity index is 1.62. The monoisotopic (exact) mass is 415 g/mol. The minimum absolute atomic E-state index is 0.00313. The maximum absolute atomic E-state index is 14.6. The lowest BCUT2D eigenvalue weighted by Gasteiger charge is -2.32. The Bertz CT molecular complexity index is 876. The van der Waals surface area contributed by atoms with Crippen molar-refractivity contribution in [2.24, 2.45) is 0 Å². The Morgan fingerprint density at radius 1 is 1.21 bits per heavy atom. The van der Waals surface area contributed by atoms with Crippen molar-refractivity contribution in [1.82, 2.24) is 15.2 Å². The quantitative estimate of drug-likeness (QED) is 0.551. The van der Waals surface area contributed by atoms with Gasteiger partial charge in [-0.25, -0.2) is 4.39 Å². The van der Waals surface area contributed by atoms with Crippen molar-refractivity contribution in [2.75, 3.05) is 13.1 Å². The zero-order chi connectivity index (χ0) is 20.8. The summed E-state index contributed by atoms with van der Waals surface area (Å²) in [5.74, 6) is -0.894. The molecule has 1 unspecified atom stereocenters. The molecule has 29 heavy (non-hydrogen) atoms. The molecule has 0 aromatic heterocycles. The highest BCUT2D eigenvalue weighted by atomic mass is 32.2. The summed E-state index contributed by atoms with van der Waals surface area (Å²) in [7, 11) is 0. The predicted octanol–water partition coefficient (Wildman–Crippen LogP) is 4.08. The lowest BCUT2D eigenvalue weighted by molar-refractivity contribution is -0.131. The second kappa shape index (κ2) is 9.89. The molecule has 0 spiro atoms. The van der Waals surface area contributed by atoms with Crippen molar-refractivity contribution in [2.45, 2.75) is 38.4 Å². The molecule has 0 bridgehead atoms. The van der Waals surface area contributed by atoms with Crippen LogP contribution in [0.4, 0.5) is 4.39 Å². The Labute approximate surface area is 175 Å². The number of hydrogen-bond acceptors (Lipinski definition) is 4. The average Bonchev–Trinajstić information content (AvgIpc) is 2.75. The summed E-state index contributed by atoms with van der Waals surface area (Å²) in [6.45, 7) is 4.95. The molecule has 5 nitrogen and oxygen atoms in total. The van der Waals surface area contributed by atoms with E-state index >= 15 is 0 Å². The number of hydrogen-bond donors (Lipinski definition) is 2. The third-order valence-electron chi connectivity index (χ3n) is 5.03. The first-order valence-corrected chi connectivity index (χ1v) is 10.7. The maximum Gasteiger partial charge on any atom is 0.269 e. The van der Waals surface area contributed by atoms with Gasteiger partial charge in [-0.2, -0.15) is 4.83 Å². The number of carbonyl (C=O) groups is 2. The molecule has 3 rings (SSSR count). The lowest BCUT2D eigenvalue weighted by Crippen LogP contribution is -2.43. The van der Waals surface area contributed by atoms with Crippen LogP contribution in [0.15, 0.2) is 42.5 Å². The van der Waals surface area contributed by atoms with Crippen LogP contribution in [0.5, 0.6) is 0 Å². The maximum atomic E-state index is 14.6. The molecule has 1 heterocycles. The summed E-state index contributed by atoms with van der Waals surface area (Å²) >= 11 is 1.36. The molecule has 154 valence electrons. The van der Waals surface area contributed by atoms with E-state index in [-0.39, 0.29) is 16.7 Å². The van der Waals surface area contributed by atoms with Crippen molar-refractivity contribution in [3.05, 3.63) is 59.4 Å². The number of amides is 2. The largest absolute Gasteiger partial charge is 0.342 e. The normalized spacial score (nSPS) is 16.5. The van der Waals surface area contributed by atoms with E-state index in [1.165, 1.54) is 11.9 Å². The fourth-order valence-electron chi connectivity index (χ4n) is 3.44. The van der Waals surface area contributed by atoms with Crippen LogP contribution in [0.2, 0.25) is 0 Å². The number of nitrogens with one attached hydrogen (secondary N) is 2. The number of hydrazine groups is 1. The van der Waals surface area contributed by atoms with Gasteiger partial charge in [0.1, 0.15) is 5.82 Å². The molecule has 7 heteroatoms. The first kappa shape index (κ1) is 21.3. The van der Waals surface area contributed by atoms with Gasteiger partial charge >= 0.3 is 0 Å². The van der Waals surface area contributed by atoms with Gasteiger partial charge in [-0.1, -0.05) is 49.2 Å². The Kier molecular flexibility index (Phi) is 7.28. The number of benzene rings is 2. The van der Waals surface area contributed by atoms with E-state index in [0.29, 0.717) is 18.5 Å². The predicted molar refractivity (Wildman–Crippen MR) is 115 cm³/mol. The van der Waals surface area contributed by atoms with Crippen LogP contribution in [0.1, 0.15) is 42.1 Å². The van der Waals surface area contributed by atoms with E-state index < -0.39 is 11.7 Å². The standard InChI is InChI=1S/C22H26FN3O2S/c1-3-20(27)26-11-7-10-18(14-26)29-25-24-22(28)19-13-17(12-15(2)21(19)23)16-8-5-4-6-9-16/h4-6,8-9,12-13,18,25H,3,7,10-11,14H2,1-2H3,(H,24,28). The fraction of sp³-hybridized carbons (Fsp3) is 0.364. The summed E-state index contributed by atoms with van der Waals surface area (Å²) < 4.78 is 14.6. The number of rotatable bonds is 6. The number of halogens is 1. The molecule has 1 aliphatic heterocycles. The van der Waals surface area contributed by atoms with Crippen molar-refractivity contribution >= 4 is 23.8 Å². The van der Waals surface area contributed by atoms with Crippen LogP contribution in [-0.4, -0.2) is 35.1 Å². The summed E-state index contributed by atoms with van der Waals surface area (Å²) in [6, 6.07) is 12.9. The molecule has 1 atom stereocenters. The number of piperidine rings is 1. The van der Waals surface area contributed by atoms with Crippen molar-refractivity contribution < 1.29 is 14.0 Å². The first-order valence-electron chi connectivity index (χ1n) is 9.84. The van der Waals surface area contributed by atoms with E-state index in [2.05, 4.69) is 10.3 Å². The highest BCUT2D eigenvalue weighted by Crippen LogP contribution is 2.25. The molecule has 0 radical (unpaired) electrons. The third kappa shape index (κ3) is 5.36. The van der Waals surface area contributed by atoms with Gasteiger partial charge < -0.3 is 4.90 Å². The summed E-state index contributed by atoms with van der Waals surface area (Å²) in [5.41, 5.74) is 4.73. The molecule has 0 aliphatic carbocycles. The molecular formula is C22H26FN3O2S. The highest BCUT2D eigenvalue weighted by molar-refractivity contribution is 7.98. The van der Waals surface area contributed by atoms with Gasteiger partial charge in [-0.3, -0.25) is 15.0 Å². The Hall–Kier alpha value is -2.38. The number of aryl methyl sites for hydroxylation is 1. The zero-order valence-electron chi connectivity index (χ0n) is 16.7. The fourth-order valence-corrected chi connectivity index (χ4v) is 4.30. The average molecular weight is 416 g/mol. The Morgan fingerprint density at radius 3 is 2.69 bits per heavy atom. The number of likely N-dealkylation sites (tertiary alicyclic amines) is 1. The Morgan fingerprint density at radius 2 is 1.97 bits per heavy atom. The molecule has 1 saturated heterocycles. The van der Waals surface area contributed by atoms with E-state index in [4.69, 9.17) is 0 Å². The van der Waals surface area contributed by atoms with Gasteiger partial charge in [-0.05, 0) is 48.6 Å². The lowest BCUT2D eigenvalue weighted by atomic mass is 9.99. The topological polar surface area (TPSA) is 61.4 Å². The molecular weight excluding hydrogens is 389 g/mol. The molecule has 1 fully saturated rings. The highest BCUT2D eigenvalue weighted by Gasteiger charge is 2.23. The first-order chi connectivity index (χ1) is 14.0. The third-order valence-corrected chi connectivity index (χ3v) is 5.97. The molecule has 0 saturated carbocycles. The van der Waals surface area contributed by atoms with E-state index in [9.17, 15) is 14.0 Å². The van der Waals surface area contributed by atoms with E-state index in [0.717, 1.165) is 30.5 Å². The minimum Gasteiger partial charge on any atom is -0.342 e. The molecule has 2 aromatic rings. The number of carbonyl (C=O) groups excluding carboxylic acids is 2. The minimum atomic E-state index is -0.522. The van der Waals surface area contributed by atoms with Gasteiger partial charge in [0.2, 0.25) is 5.91 Å². The van der Waals surface area contributed by atoms with Crippen LogP contribution in [0.3, 0.4) is 0 Å². The van der Waals surface area contributed by atoms with Crippen LogP contribution in [0.25, 0.3) is 11.1 Å². The zero-order valence-corrected chi connectivity index (χ0v) is 17.5. The second-order valence-electron chi connectivity index (χ2n) is 7.15. The van der Waals surface area contributed by atoms with Crippen LogP contribution < -0.4 is 10.3 Å². The van der Waals surface area contributed by atoms with E-state index in [1.54, 1.807) is 19.1 Å². The second-order valence-corrected chi connectivity index (χ2v) is 8.26. The van der Waals surface area contributed by atoms with Crippen LogP contribution in [0, 0.1) is 12.7 Å². The van der Waals surface area contributed by atoms with E-state index in [1.807, 2.05) is 42.2 Å². The van der Waals surface area contributed by atoms with Crippen LogP contribution in [-0.2, 0) is 4.79 Å². The SMILES string of the molecule is CCC(=O)N1CCCC(SNNC(=O)c2cc(-c3ccccc3)cc(C)c2F)C1. The van der Waals surface area contributed by atoms with Crippen molar-refractivity contribution in [3.63, 3.8) is 0 Å². The summed E-state index contributed by atoms with van der Waals surface area (Å²) in [5, 5.41) is 0.182. The van der Waals surface area contributed by atoms with Gasteiger partial charge in [-0.15, -0.1) is 0 Å². The number of nitrogens with zero attached hydrogens (tertiary/aromatic N) is 1. The smallest absolute Gasteiger partial charge is 0.269 e.